The Bertz CT molecular complexity index is 425. The van der Waals surface area contributed by atoms with Gasteiger partial charge in [-0.3, -0.25) is 0 Å². The number of rotatable bonds is 4. The van der Waals surface area contributed by atoms with Crippen molar-refractivity contribution in [3.63, 3.8) is 0 Å². The van der Waals surface area contributed by atoms with Gasteiger partial charge in [0.05, 0.1) is 7.11 Å². The molecule has 1 aliphatic heterocycles. The Morgan fingerprint density at radius 2 is 2.16 bits per heavy atom. The second-order valence-electron chi connectivity index (χ2n) is 5.69. The highest BCUT2D eigenvalue weighted by Crippen LogP contribution is 2.33. The van der Waals surface area contributed by atoms with Crippen molar-refractivity contribution in [2.75, 3.05) is 13.7 Å². The van der Waals surface area contributed by atoms with Crippen LogP contribution in [0.15, 0.2) is 16.6 Å². The number of ether oxygens (including phenoxy) is 1. The van der Waals surface area contributed by atoms with Crippen molar-refractivity contribution >= 4 is 15.9 Å². The molecule has 1 unspecified atom stereocenters. The van der Waals surface area contributed by atoms with Crippen LogP contribution in [0.3, 0.4) is 0 Å². The molecular formula is C16H24BrNO. The molecule has 0 amide bonds. The number of hydrogen-bond acceptors (Lipinski definition) is 2. The first-order valence-electron chi connectivity index (χ1n) is 7.21. The van der Waals surface area contributed by atoms with E-state index in [0.717, 1.165) is 18.7 Å². The van der Waals surface area contributed by atoms with Crippen molar-refractivity contribution in [2.45, 2.75) is 51.5 Å². The topological polar surface area (TPSA) is 21.3 Å². The largest absolute Gasteiger partial charge is 0.496 e. The number of methoxy groups -OCH3 is 1. The lowest BCUT2D eigenvalue weighted by atomic mass is 9.94. The number of piperidine rings is 1. The summed E-state index contributed by atoms with van der Waals surface area (Å²) in [5, 5.41) is 3.60. The van der Waals surface area contributed by atoms with Crippen molar-refractivity contribution in [2.24, 2.45) is 0 Å². The van der Waals surface area contributed by atoms with E-state index in [1.165, 1.54) is 34.9 Å². The highest BCUT2D eigenvalue weighted by Gasteiger charge is 2.17. The molecule has 3 heteroatoms. The SMILES string of the molecule is COc1cc(C(C)C)c(Br)cc1CC1CCCCN1. The summed E-state index contributed by atoms with van der Waals surface area (Å²) in [6.07, 6.45) is 4.97. The molecule has 0 spiro atoms. The standard InChI is InChI=1S/C16H24BrNO/c1-11(2)14-10-16(19-3)12(9-15(14)17)8-13-6-4-5-7-18-13/h9-11,13,18H,4-8H2,1-3H3. The molecule has 1 aliphatic rings. The van der Waals surface area contributed by atoms with Crippen molar-refractivity contribution in [1.82, 2.24) is 5.32 Å². The second kappa shape index (κ2) is 6.76. The Labute approximate surface area is 125 Å². The van der Waals surface area contributed by atoms with Gasteiger partial charge in [-0.15, -0.1) is 0 Å². The van der Waals surface area contributed by atoms with E-state index in [9.17, 15) is 0 Å². The molecule has 19 heavy (non-hydrogen) atoms. The van der Waals surface area contributed by atoms with Gasteiger partial charge in [0.25, 0.3) is 0 Å². The zero-order chi connectivity index (χ0) is 13.8. The normalized spacial score (nSPS) is 19.7. The van der Waals surface area contributed by atoms with E-state index in [-0.39, 0.29) is 0 Å². The molecule has 106 valence electrons. The maximum Gasteiger partial charge on any atom is 0.122 e. The van der Waals surface area contributed by atoms with Crippen molar-refractivity contribution in [3.8, 4) is 5.75 Å². The average molecular weight is 326 g/mol. The fourth-order valence-corrected chi connectivity index (χ4v) is 3.61. The van der Waals surface area contributed by atoms with Crippen molar-refractivity contribution in [3.05, 3.63) is 27.7 Å². The lowest BCUT2D eigenvalue weighted by Crippen LogP contribution is -2.35. The van der Waals surface area contributed by atoms with Gasteiger partial charge in [-0.2, -0.15) is 0 Å². The van der Waals surface area contributed by atoms with E-state index in [4.69, 9.17) is 4.74 Å². The summed E-state index contributed by atoms with van der Waals surface area (Å²) >= 11 is 3.70. The molecule has 2 nitrogen and oxygen atoms in total. The molecule has 1 N–H and O–H groups in total. The van der Waals surface area contributed by atoms with E-state index < -0.39 is 0 Å². The molecule has 1 saturated heterocycles. The molecule has 1 atom stereocenters. The number of hydrogen-bond donors (Lipinski definition) is 1. The monoisotopic (exact) mass is 325 g/mol. The summed E-state index contributed by atoms with van der Waals surface area (Å²) in [6, 6.07) is 5.02. The molecule has 2 rings (SSSR count). The number of nitrogens with one attached hydrogen (secondary N) is 1. The summed E-state index contributed by atoms with van der Waals surface area (Å²) in [5.74, 6) is 1.53. The van der Waals surface area contributed by atoms with Gasteiger partial charge in [-0.1, -0.05) is 36.2 Å². The smallest absolute Gasteiger partial charge is 0.122 e. The first-order valence-corrected chi connectivity index (χ1v) is 8.00. The summed E-state index contributed by atoms with van der Waals surface area (Å²) in [6.45, 7) is 5.57. The van der Waals surface area contributed by atoms with Crippen LogP contribution in [0.1, 0.15) is 50.2 Å². The lowest BCUT2D eigenvalue weighted by molar-refractivity contribution is 0.381. The fraction of sp³-hybridized carbons (Fsp3) is 0.625. The van der Waals surface area contributed by atoms with Crippen LogP contribution >= 0.6 is 15.9 Å². The zero-order valence-corrected chi connectivity index (χ0v) is 13.7. The summed E-state index contributed by atoms with van der Waals surface area (Å²) < 4.78 is 6.79. The maximum absolute atomic E-state index is 5.58. The molecule has 0 bridgehead atoms. The van der Waals surface area contributed by atoms with Crippen molar-refractivity contribution in [1.29, 1.82) is 0 Å². The maximum atomic E-state index is 5.58. The van der Waals surface area contributed by atoms with Crippen LogP contribution < -0.4 is 10.1 Å². The number of benzene rings is 1. The van der Waals surface area contributed by atoms with E-state index in [1.54, 1.807) is 7.11 Å². The van der Waals surface area contributed by atoms with Gasteiger partial charge in [0.1, 0.15) is 5.75 Å². The predicted octanol–water partition coefficient (Wildman–Crippen LogP) is 4.27. The third-order valence-electron chi connectivity index (χ3n) is 3.90. The number of halogens is 1. The second-order valence-corrected chi connectivity index (χ2v) is 6.55. The Hall–Kier alpha value is -0.540. The lowest BCUT2D eigenvalue weighted by Gasteiger charge is -2.25. The Kier molecular flexibility index (Phi) is 5.28. The first-order chi connectivity index (χ1) is 9.11. The molecule has 0 saturated carbocycles. The molecule has 1 fully saturated rings. The van der Waals surface area contributed by atoms with E-state index in [2.05, 4.69) is 47.2 Å². The molecule has 0 aliphatic carbocycles. The van der Waals surface area contributed by atoms with E-state index >= 15 is 0 Å². The minimum atomic E-state index is 0.505. The fourth-order valence-electron chi connectivity index (χ4n) is 2.77. The van der Waals surface area contributed by atoms with Crippen LogP contribution in [-0.2, 0) is 6.42 Å². The van der Waals surface area contributed by atoms with E-state index in [0.29, 0.717) is 12.0 Å². The predicted molar refractivity (Wildman–Crippen MR) is 84.1 cm³/mol. The molecule has 1 heterocycles. The summed E-state index contributed by atoms with van der Waals surface area (Å²) in [4.78, 5) is 0. The van der Waals surface area contributed by atoms with Gasteiger partial charge < -0.3 is 10.1 Å². The Morgan fingerprint density at radius 3 is 2.74 bits per heavy atom. The molecule has 0 aromatic heterocycles. The van der Waals surface area contributed by atoms with Crippen LogP contribution in [0.4, 0.5) is 0 Å². The van der Waals surface area contributed by atoms with Gasteiger partial charge in [0.15, 0.2) is 0 Å². The molecular weight excluding hydrogens is 302 g/mol. The summed E-state index contributed by atoms with van der Waals surface area (Å²) in [7, 11) is 1.77. The Balaban J connectivity index is 2.21. The molecule has 1 aromatic rings. The Morgan fingerprint density at radius 1 is 1.37 bits per heavy atom. The van der Waals surface area contributed by atoms with Crippen molar-refractivity contribution < 1.29 is 4.74 Å². The minimum absolute atomic E-state index is 0.505. The van der Waals surface area contributed by atoms with Crippen LogP contribution in [-0.4, -0.2) is 19.7 Å². The van der Waals surface area contributed by atoms with Crippen LogP contribution in [0.2, 0.25) is 0 Å². The highest BCUT2D eigenvalue weighted by molar-refractivity contribution is 9.10. The van der Waals surface area contributed by atoms with E-state index in [1.807, 2.05) is 0 Å². The quantitative estimate of drug-likeness (QED) is 0.892. The summed E-state index contributed by atoms with van der Waals surface area (Å²) in [5.41, 5.74) is 2.62. The van der Waals surface area contributed by atoms with Gasteiger partial charge in [-0.25, -0.2) is 0 Å². The average Bonchev–Trinajstić information content (AvgIpc) is 2.39. The van der Waals surface area contributed by atoms with Crippen LogP contribution in [0.5, 0.6) is 5.75 Å². The molecule has 1 aromatic carbocycles. The third-order valence-corrected chi connectivity index (χ3v) is 4.59. The highest BCUT2D eigenvalue weighted by atomic mass is 79.9. The molecule has 0 radical (unpaired) electrons. The van der Waals surface area contributed by atoms with Gasteiger partial charge >= 0.3 is 0 Å². The van der Waals surface area contributed by atoms with Crippen LogP contribution in [0, 0.1) is 0 Å². The third kappa shape index (κ3) is 3.73. The van der Waals surface area contributed by atoms with Gasteiger partial charge in [0.2, 0.25) is 0 Å². The van der Waals surface area contributed by atoms with Crippen LogP contribution in [0.25, 0.3) is 0 Å². The van der Waals surface area contributed by atoms with Gasteiger partial charge in [-0.05, 0) is 55.0 Å². The minimum Gasteiger partial charge on any atom is -0.496 e. The first kappa shape index (κ1) is 14.9. The zero-order valence-electron chi connectivity index (χ0n) is 12.1. The van der Waals surface area contributed by atoms with Gasteiger partial charge in [0, 0.05) is 10.5 Å².